The van der Waals surface area contributed by atoms with Crippen molar-refractivity contribution < 1.29 is 14.4 Å². The largest absolute Gasteiger partial charge is 0.348 e. The van der Waals surface area contributed by atoms with Crippen molar-refractivity contribution in [2.45, 2.75) is 97.9 Å². The zero-order chi connectivity index (χ0) is 25.8. The van der Waals surface area contributed by atoms with E-state index >= 15 is 0 Å². The number of fused-ring (bicyclic) bond motifs is 5. The van der Waals surface area contributed by atoms with Gasteiger partial charge >= 0.3 is 0 Å². The molecular weight excluding hydrogens is 534 g/mol. The van der Waals surface area contributed by atoms with E-state index in [1.165, 1.54) is 4.88 Å². The number of thiophene rings is 1. The number of ketones is 2. The van der Waals surface area contributed by atoms with Gasteiger partial charge in [0.05, 0.1) is 9.83 Å². The highest BCUT2D eigenvalue weighted by molar-refractivity contribution is 9.11. The third-order valence-corrected chi connectivity index (χ3v) is 13.0. The highest BCUT2D eigenvalue weighted by Crippen LogP contribution is 2.67. The van der Waals surface area contributed by atoms with Crippen LogP contribution in [0.5, 0.6) is 0 Å². The first-order chi connectivity index (χ1) is 17.1. The van der Waals surface area contributed by atoms with E-state index in [-0.39, 0.29) is 34.6 Å². The average Bonchev–Trinajstić information content (AvgIpc) is 3.41. The Labute approximate surface area is 228 Å². The Balaban J connectivity index is 1.28. The molecule has 36 heavy (non-hydrogen) atoms. The lowest BCUT2D eigenvalue weighted by Crippen LogP contribution is -2.57. The molecule has 6 heteroatoms. The summed E-state index contributed by atoms with van der Waals surface area (Å²) in [5, 5.41) is 3.30. The number of nitrogens with one attached hydrogen (secondary N) is 1. The topological polar surface area (TPSA) is 63.2 Å². The molecule has 0 radical (unpaired) electrons. The predicted molar refractivity (Wildman–Crippen MR) is 148 cm³/mol. The molecule has 1 unspecified atom stereocenters. The average molecular weight is 577 g/mol. The van der Waals surface area contributed by atoms with E-state index in [0.29, 0.717) is 60.9 Å². The first-order valence-corrected chi connectivity index (χ1v) is 15.8. The van der Waals surface area contributed by atoms with Crippen LogP contribution in [0.1, 0.15) is 103 Å². The Morgan fingerprint density at radius 1 is 1.11 bits per heavy atom. The second-order valence-electron chi connectivity index (χ2n) is 12.9. The van der Waals surface area contributed by atoms with Gasteiger partial charge in [0.2, 0.25) is 5.91 Å². The summed E-state index contributed by atoms with van der Waals surface area (Å²) in [7, 11) is 0. The minimum atomic E-state index is 0.0688. The number of hydrogen-bond acceptors (Lipinski definition) is 4. The summed E-state index contributed by atoms with van der Waals surface area (Å²) in [6.45, 7) is 9.22. The number of Topliss-reactive ketones (excluding diaryl/α,β-unsaturated/α-hetero) is 2. The molecule has 4 fully saturated rings. The number of amides is 1. The van der Waals surface area contributed by atoms with E-state index in [1.807, 2.05) is 6.07 Å². The summed E-state index contributed by atoms with van der Waals surface area (Å²) in [4.78, 5) is 40.1. The maximum absolute atomic E-state index is 13.6. The third-order valence-electron chi connectivity index (χ3n) is 11.2. The van der Waals surface area contributed by atoms with Crippen molar-refractivity contribution in [3.63, 3.8) is 0 Å². The van der Waals surface area contributed by atoms with E-state index in [9.17, 15) is 14.4 Å². The molecule has 4 aliphatic rings. The Kier molecular flexibility index (Phi) is 7.35. The highest BCUT2D eigenvalue weighted by Gasteiger charge is 2.63. The molecule has 0 bridgehead atoms. The van der Waals surface area contributed by atoms with Crippen molar-refractivity contribution in [2.75, 3.05) is 0 Å². The number of carbonyl (C=O) groups is 3. The van der Waals surface area contributed by atoms with Gasteiger partial charge in [-0.25, -0.2) is 0 Å². The number of hydrogen-bond donors (Lipinski definition) is 1. The Morgan fingerprint density at radius 2 is 1.86 bits per heavy atom. The van der Waals surface area contributed by atoms with Crippen LogP contribution < -0.4 is 5.32 Å². The number of carbonyl (C=O) groups excluding carboxylic acids is 3. The van der Waals surface area contributed by atoms with Crippen LogP contribution in [0, 0.1) is 46.3 Å². The van der Waals surface area contributed by atoms with Gasteiger partial charge in [-0.05, 0) is 107 Å². The van der Waals surface area contributed by atoms with Crippen LogP contribution in [0.4, 0.5) is 0 Å². The minimum absolute atomic E-state index is 0.0688. The molecule has 0 aromatic carbocycles. The van der Waals surface area contributed by atoms with Crippen LogP contribution in [-0.2, 0) is 14.4 Å². The standard InChI is InChI=1S/C30H42BrNO3S/c1-5-23(25-8-9-26(31)36-25)32-27(35)14-17(2)20-6-7-21-28-22(11-13-30(20,21)4)29(3)12-10-19(33)15-18(29)16-24(28)34/h8-9,17-18,20-23,28H,5-7,10-16H2,1-4H3,(H,32,35)/t17-,18+,20?,21+,22+,23+,28+,29+,30-/m1/s1. The van der Waals surface area contributed by atoms with Crippen LogP contribution in [0.2, 0.25) is 0 Å². The molecular formula is C30H42BrNO3S. The van der Waals surface area contributed by atoms with Gasteiger partial charge in [-0.2, -0.15) is 0 Å². The molecule has 1 aromatic heterocycles. The van der Waals surface area contributed by atoms with Crippen molar-refractivity contribution >= 4 is 44.7 Å². The Bertz CT molecular complexity index is 1040. The summed E-state index contributed by atoms with van der Waals surface area (Å²) in [6.07, 6.45) is 8.81. The fraction of sp³-hybridized carbons (Fsp3) is 0.767. The maximum atomic E-state index is 13.6. The van der Waals surface area contributed by atoms with Gasteiger partial charge in [0.15, 0.2) is 0 Å². The molecule has 0 spiro atoms. The first kappa shape index (κ1) is 26.6. The van der Waals surface area contributed by atoms with Crippen molar-refractivity contribution in [3.8, 4) is 0 Å². The van der Waals surface area contributed by atoms with E-state index in [2.05, 4.69) is 55.0 Å². The second-order valence-corrected chi connectivity index (χ2v) is 15.4. The maximum Gasteiger partial charge on any atom is 0.220 e. The summed E-state index contributed by atoms with van der Waals surface area (Å²) in [6, 6.07) is 4.22. The second kappa shape index (κ2) is 9.94. The smallest absolute Gasteiger partial charge is 0.220 e. The molecule has 1 aromatic rings. The van der Waals surface area contributed by atoms with Gasteiger partial charge in [-0.15, -0.1) is 11.3 Å². The van der Waals surface area contributed by atoms with E-state index in [4.69, 9.17) is 0 Å². The summed E-state index contributed by atoms with van der Waals surface area (Å²) >= 11 is 5.23. The van der Waals surface area contributed by atoms with Crippen molar-refractivity contribution in [3.05, 3.63) is 20.8 Å². The van der Waals surface area contributed by atoms with Gasteiger partial charge in [0.25, 0.3) is 0 Å². The first-order valence-electron chi connectivity index (χ1n) is 14.2. The van der Waals surface area contributed by atoms with Crippen LogP contribution in [-0.4, -0.2) is 17.5 Å². The highest BCUT2D eigenvalue weighted by atomic mass is 79.9. The van der Waals surface area contributed by atoms with Crippen molar-refractivity contribution in [1.29, 1.82) is 0 Å². The molecule has 0 saturated heterocycles. The van der Waals surface area contributed by atoms with Crippen LogP contribution in [0.25, 0.3) is 0 Å². The lowest BCUT2D eigenvalue weighted by Gasteiger charge is -2.59. The van der Waals surface area contributed by atoms with Crippen LogP contribution in [0.3, 0.4) is 0 Å². The lowest BCUT2D eigenvalue weighted by molar-refractivity contribution is -0.159. The molecule has 1 N–H and O–H groups in total. The monoisotopic (exact) mass is 575 g/mol. The molecule has 1 amide bonds. The fourth-order valence-electron chi connectivity index (χ4n) is 9.28. The number of rotatable bonds is 6. The Morgan fingerprint density at radius 3 is 2.56 bits per heavy atom. The van der Waals surface area contributed by atoms with E-state index in [0.717, 1.165) is 42.3 Å². The quantitative estimate of drug-likeness (QED) is 0.381. The Hall–Kier alpha value is -1.01. The molecule has 1 heterocycles. The van der Waals surface area contributed by atoms with Gasteiger partial charge in [-0.3, -0.25) is 14.4 Å². The van der Waals surface area contributed by atoms with Gasteiger partial charge < -0.3 is 5.32 Å². The van der Waals surface area contributed by atoms with Gasteiger partial charge in [-0.1, -0.05) is 27.7 Å². The fourth-order valence-corrected chi connectivity index (χ4v) is 10.8. The van der Waals surface area contributed by atoms with Crippen molar-refractivity contribution in [1.82, 2.24) is 5.32 Å². The molecule has 9 atom stereocenters. The zero-order valence-electron chi connectivity index (χ0n) is 22.3. The van der Waals surface area contributed by atoms with Gasteiger partial charge in [0, 0.05) is 36.5 Å². The summed E-state index contributed by atoms with van der Waals surface area (Å²) in [5.41, 5.74) is 0.274. The summed E-state index contributed by atoms with van der Waals surface area (Å²) in [5.74, 6) is 3.01. The van der Waals surface area contributed by atoms with Gasteiger partial charge in [0.1, 0.15) is 11.6 Å². The predicted octanol–water partition coefficient (Wildman–Crippen LogP) is 7.51. The van der Waals surface area contributed by atoms with E-state index < -0.39 is 0 Å². The summed E-state index contributed by atoms with van der Waals surface area (Å²) < 4.78 is 1.09. The molecule has 198 valence electrons. The van der Waals surface area contributed by atoms with Crippen molar-refractivity contribution in [2.24, 2.45) is 46.3 Å². The molecule has 5 rings (SSSR count). The molecule has 4 aliphatic carbocycles. The zero-order valence-corrected chi connectivity index (χ0v) is 24.7. The lowest BCUT2D eigenvalue weighted by atomic mass is 9.44. The normalized spacial score (nSPS) is 39.6. The third kappa shape index (κ3) is 4.46. The molecule has 0 aliphatic heterocycles. The van der Waals surface area contributed by atoms with E-state index in [1.54, 1.807) is 11.3 Å². The SMILES string of the molecule is CC[C@H](NC(=O)C[C@@H](C)C1CC[C@H]2[C@@H]3C(=O)C[C@@H]4CC(=O)CC[C@]4(C)[C@H]3CC[C@]12C)c1ccc(Br)s1. The van der Waals surface area contributed by atoms with Crippen LogP contribution >= 0.6 is 27.3 Å². The minimum Gasteiger partial charge on any atom is -0.348 e. The molecule has 4 nitrogen and oxygen atoms in total. The number of halogens is 1. The van der Waals surface area contributed by atoms with Crippen LogP contribution in [0.15, 0.2) is 15.9 Å². The molecule has 4 saturated carbocycles.